The number of aryl methyl sites for hydroxylation is 2. The van der Waals surface area contributed by atoms with Gasteiger partial charge in [0.15, 0.2) is 11.3 Å². The van der Waals surface area contributed by atoms with E-state index < -0.39 is 67.1 Å². The molecular formula is C38H48BF2N8O16P3. The number of fused-ring (bicyclic) bond motifs is 3. The van der Waals surface area contributed by atoms with Crippen LogP contribution in [0.2, 0.25) is 0 Å². The number of allylic oxidation sites excluding steroid dienone is 2. The van der Waals surface area contributed by atoms with Crippen LogP contribution < -0.4 is 16.6 Å². The summed E-state index contributed by atoms with van der Waals surface area (Å²) in [5, 5.41) is 2.43. The molecule has 0 aliphatic carbocycles. The number of H-pyrrole nitrogens is 1. The number of phosphoric ester groups is 1. The summed E-state index contributed by atoms with van der Waals surface area (Å²) < 4.78 is 99.3. The van der Waals surface area contributed by atoms with Gasteiger partial charge in [-0.1, -0.05) is 24.5 Å². The van der Waals surface area contributed by atoms with E-state index in [-0.39, 0.29) is 80.4 Å². The number of aromatic amines is 1. The number of nitrogens with one attached hydrogen (secondary N) is 2. The highest BCUT2D eigenvalue weighted by Gasteiger charge is 2.52. The van der Waals surface area contributed by atoms with Crippen molar-refractivity contribution in [3.8, 4) is 11.8 Å². The van der Waals surface area contributed by atoms with Crippen LogP contribution in [0.1, 0.15) is 54.4 Å². The second-order valence-corrected chi connectivity index (χ2v) is 20.1. The Morgan fingerprint density at radius 2 is 1.91 bits per heavy atom. The van der Waals surface area contributed by atoms with Gasteiger partial charge < -0.3 is 71.9 Å². The van der Waals surface area contributed by atoms with E-state index in [1.165, 1.54) is 21.7 Å². The summed E-state index contributed by atoms with van der Waals surface area (Å²) in [5.41, 5.74) is 8.14. The molecular weight excluding hydrogens is 966 g/mol. The smallest absolute Gasteiger partial charge is 0.445 e. The molecule has 24 nitrogen and oxygen atoms in total. The summed E-state index contributed by atoms with van der Waals surface area (Å²) in [4.78, 5) is 83.6. The van der Waals surface area contributed by atoms with Gasteiger partial charge in [-0.15, -0.1) is 6.58 Å². The number of ether oxygens (including phenoxy) is 3. The van der Waals surface area contributed by atoms with Gasteiger partial charge in [-0.05, 0) is 43.2 Å². The number of hydrogen-bond donors (Lipinski definition) is 7. The van der Waals surface area contributed by atoms with Crippen LogP contribution in [0.4, 0.5) is 19.4 Å². The summed E-state index contributed by atoms with van der Waals surface area (Å²) in [5.74, 6) is 4.94. The first kappa shape index (κ1) is 52.1. The summed E-state index contributed by atoms with van der Waals surface area (Å²) >= 11 is 0. The normalized spacial score (nSPS) is 20.1. The quantitative estimate of drug-likeness (QED) is 0.0369. The third-order valence-corrected chi connectivity index (χ3v) is 14.4. The molecule has 0 aromatic carbocycles. The third-order valence-electron chi connectivity index (χ3n) is 10.6. The predicted molar refractivity (Wildman–Crippen MR) is 240 cm³/mol. The van der Waals surface area contributed by atoms with Gasteiger partial charge in [-0.2, -0.15) is 13.6 Å². The fourth-order valence-corrected chi connectivity index (χ4v) is 10.7. The van der Waals surface area contributed by atoms with Gasteiger partial charge in [-0.3, -0.25) is 19.1 Å². The molecule has 3 aliphatic heterocycles. The number of carbonyl (C=O) groups is 2. The Morgan fingerprint density at radius 3 is 2.62 bits per heavy atom. The van der Waals surface area contributed by atoms with Crippen LogP contribution in [0.5, 0.6) is 0 Å². The molecule has 368 valence electrons. The number of hydrogen-bond acceptors (Lipinski definition) is 14. The number of nitrogens with two attached hydrogens (primary N) is 1. The second kappa shape index (κ2) is 20.7. The average molecular weight is 1010 g/mol. The molecule has 0 radical (unpaired) electrons. The molecule has 30 heteroatoms. The molecule has 2 unspecified atom stereocenters. The monoisotopic (exact) mass is 1010 g/mol. The number of nitrogen functional groups attached to an aromatic ring is 1. The lowest BCUT2D eigenvalue weighted by atomic mass is 9.90. The third kappa shape index (κ3) is 12.5. The molecule has 0 spiro atoms. The number of rotatable bonds is 20. The zero-order chi connectivity index (χ0) is 49.9. The number of nitrogens with zero attached hydrogens (tertiary/aromatic N) is 5. The average Bonchev–Trinajstić information content (AvgIpc) is 4.00. The summed E-state index contributed by atoms with van der Waals surface area (Å²) in [7, 11) is -15.4. The summed E-state index contributed by atoms with van der Waals surface area (Å²) in [6, 6.07) is 1.72. The van der Waals surface area contributed by atoms with Crippen LogP contribution in [-0.4, -0.2) is 125 Å². The van der Waals surface area contributed by atoms with Crippen molar-refractivity contribution in [2.24, 2.45) is 0 Å². The largest absolute Gasteiger partial charge is 0.737 e. The van der Waals surface area contributed by atoms with E-state index >= 15 is 8.63 Å². The van der Waals surface area contributed by atoms with E-state index in [4.69, 9.17) is 34.3 Å². The minimum absolute atomic E-state index is 0.000135. The van der Waals surface area contributed by atoms with Gasteiger partial charge in [0.2, 0.25) is 11.9 Å². The molecule has 8 N–H and O–H groups in total. The van der Waals surface area contributed by atoms with Gasteiger partial charge in [0.1, 0.15) is 24.7 Å². The number of amides is 2. The lowest BCUT2D eigenvalue weighted by Gasteiger charge is -2.30. The zero-order valence-corrected chi connectivity index (χ0v) is 39.3. The van der Waals surface area contributed by atoms with E-state index in [9.17, 15) is 37.9 Å². The van der Waals surface area contributed by atoms with E-state index in [1.54, 1.807) is 45.2 Å². The molecule has 5 atom stereocenters. The minimum atomic E-state index is -5.79. The summed E-state index contributed by atoms with van der Waals surface area (Å²) in [6.07, 6.45) is 4.10. The first-order chi connectivity index (χ1) is 31.8. The second-order valence-electron chi connectivity index (χ2n) is 15.6. The van der Waals surface area contributed by atoms with Gasteiger partial charge >= 0.3 is 36.5 Å². The van der Waals surface area contributed by atoms with Crippen molar-refractivity contribution < 1.29 is 83.3 Å². The fourth-order valence-electron chi connectivity index (χ4n) is 7.67. The Kier molecular flexibility index (Phi) is 15.9. The SMILES string of the molecule is C=CCO[C@H]1C[C@H](n2cc(C#CCNC(=O)OCC(=C)CCN(C)C(=O)CCC3=[N+]4C(=Cc5c(C)cc(C)n5[B-]4(F)F)C=C3)c3c(=O)[nH]c(N)nc32)O[C@@H]1COP(=O)(O)OP(=O)(O)OP(=O)(O)O. The van der Waals surface area contributed by atoms with Crippen molar-refractivity contribution in [1.29, 1.82) is 0 Å². The predicted octanol–water partition coefficient (Wildman–Crippen LogP) is 3.49. The van der Waals surface area contributed by atoms with Crippen molar-refractivity contribution in [3.63, 3.8) is 0 Å². The molecule has 3 aromatic rings. The van der Waals surface area contributed by atoms with E-state index in [2.05, 4.69) is 48.9 Å². The highest BCUT2D eigenvalue weighted by molar-refractivity contribution is 7.66. The number of halogens is 2. The molecule has 0 bridgehead atoms. The Labute approximate surface area is 386 Å². The van der Waals surface area contributed by atoms with E-state index in [1.807, 2.05) is 0 Å². The highest BCUT2D eigenvalue weighted by Crippen LogP contribution is 2.66. The number of phosphoric acid groups is 3. The molecule has 1 saturated heterocycles. The Morgan fingerprint density at radius 1 is 1.18 bits per heavy atom. The molecule has 0 saturated carbocycles. The zero-order valence-electron chi connectivity index (χ0n) is 36.7. The van der Waals surface area contributed by atoms with Crippen LogP contribution in [0.25, 0.3) is 17.1 Å². The van der Waals surface area contributed by atoms with Crippen LogP contribution in [0.3, 0.4) is 0 Å². The van der Waals surface area contributed by atoms with Gasteiger partial charge in [0, 0.05) is 63.0 Å². The fraction of sp³-hybridized carbons (Fsp3) is 0.395. The Hall–Kier alpha value is -5.32. The molecule has 3 aliphatic rings. The maximum Gasteiger partial charge on any atom is 0.737 e. The van der Waals surface area contributed by atoms with Gasteiger partial charge in [0.25, 0.3) is 5.56 Å². The van der Waals surface area contributed by atoms with Crippen molar-refractivity contribution in [2.75, 3.05) is 45.7 Å². The standard InChI is InChI=1S/C38H48BF2N8O16P3/c1-6-16-60-30-19-33(63-31(30)22-62-67(56,57)65-68(58,59)64-66(53,54)55)47-20-26(34-35(47)44-37(42)45-36(34)51)8-7-14-43-38(52)61-21-23(2)13-15-46(5)32(50)12-11-27-9-10-28-18-29-24(3)17-25(4)48(29)39(40,41)49(27)28/h6,9-10,17-18,20,30-31,33H,1-2,11-16,19,21-22H2,3-5H3,(H,43,52)(H,56,57)(H,58,59)(H2,53,54,55)(H3,42,44,45,51)/t30-,31+,33+/m0/s1. The highest BCUT2D eigenvalue weighted by atomic mass is 31.3. The topological polar surface area (TPSA) is 322 Å². The number of aromatic nitrogens is 4. The van der Waals surface area contributed by atoms with Crippen molar-refractivity contribution >= 4 is 71.2 Å². The first-order valence-corrected chi connectivity index (χ1v) is 24.9. The molecule has 1 fully saturated rings. The number of alkyl carbamates (subject to hydrolysis) is 1. The minimum Gasteiger partial charge on any atom is -0.445 e. The first-order valence-electron chi connectivity index (χ1n) is 20.4. The van der Waals surface area contributed by atoms with Crippen molar-refractivity contribution in [2.45, 2.75) is 58.0 Å². The molecule has 2 amide bonds. The maximum atomic E-state index is 15.8. The van der Waals surface area contributed by atoms with Crippen LogP contribution in [0, 0.1) is 25.7 Å². The lowest BCUT2D eigenvalue weighted by molar-refractivity contribution is -0.362. The van der Waals surface area contributed by atoms with Gasteiger partial charge in [0.05, 0.1) is 36.8 Å². The number of carbonyl (C=O) groups excluding carboxylic acids is 2. The van der Waals surface area contributed by atoms with Crippen molar-refractivity contribution in [1.82, 2.24) is 29.2 Å². The molecule has 3 aromatic heterocycles. The Bertz CT molecular complexity index is 2900. The molecule has 68 heavy (non-hydrogen) atoms. The Balaban J connectivity index is 0.997. The molecule has 6 rings (SSSR count). The van der Waals surface area contributed by atoms with E-state index in [0.717, 1.165) is 14.5 Å². The summed E-state index contributed by atoms with van der Waals surface area (Å²) in [6.45, 7) is 5.65. The van der Waals surface area contributed by atoms with Gasteiger partial charge in [-0.25, -0.2) is 18.5 Å². The lowest BCUT2D eigenvalue weighted by Crippen LogP contribution is -2.50. The number of anilines is 1. The maximum absolute atomic E-state index is 15.8. The van der Waals surface area contributed by atoms with Crippen LogP contribution in [-0.2, 0) is 45.8 Å². The molecule has 6 heterocycles. The van der Waals surface area contributed by atoms with Crippen LogP contribution >= 0.6 is 23.5 Å². The van der Waals surface area contributed by atoms with E-state index in [0.29, 0.717) is 28.4 Å². The van der Waals surface area contributed by atoms with Crippen LogP contribution in [0.15, 0.2) is 59.7 Å². The van der Waals surface area contributed by atoms with Crippen molar-refractivity contribution in [3.05, 3.63) is 87.8 Å².